The Bertz CT molecular complexity index is 1010. The number of carbonyl (C=O) groups is 1. The van der Waals surface area contributed by atoms with Crippen molar-refractivity contribution in [1.29, 1.82) is 0 Å². The van der Waals surface area contributed by atoms with Gasteiger partial charge in [0.25, 0.3) is 0 Å². The average molecular weight is 471 g/mol. The topological polar surface area (TPSA) is 82.1 Å². The first-order valence-corrected chi connectivity index (χ1v) is 12.0. The second-order valence-corrected chi connectivity index (χ2v) is 8.15. The molecule has 0 aliphatic carbocycles. The van der Waals surface area contributed by atoms with Gasteiger partial charge in [-0.25, -0.2) is 9.88 Å². The van der Waals surface area contributed by atoms with Crippen LogP contribution in [0.2, 0.25) is 0 Å². The van der Waals surface area contributed by atoms with Crippen molar-refractivity contribution in [3.8, 4) is 0 Å². The van der Waals surface area contributed by atoms with E-state index in [4.69, 9.17) is 19.0 Å². The third kappa shape index (κ3) is 7.71. The van der Waals surface area contributed by atoms with Crippen LogP contribution in [0.3, 0.4) is 0 Å². The number of hydrogen-bond donors (Lipinski definition) is 1. The number of aliphatic imine (C=N–C) groups is 1. The van der Waals surface area contributed by atoms with Gasteiger partial charge in [0.05, 0.1) is 31.0 Å². The summed E-state index contributed by atoms with van der Waals surface area (Å²) in [5.41, 5.74) is 7.11. The smallest absolute Gasteiger partial charge is 0.306 e. The normalized spacial score (nSPS) is 14.5. The molecule has 2 aromatic rings. The number of allylic oxidation sites excluding steroid dienone is 2. The molecule has 1 N–H and O–H groups in total. The van der Waals surface area contributed by atoms with Crippen molar-refractivity contribution in [2.24, 2.45) is 4.99 Å². The second-order valence-electron chi connectivity index (χ2n) is 7.37. The predicted molar refractivity (Wildman–Crippen MR) is 130 cm³/mol. The minimum atomic E-state index is -0.184. The van der Waals surface area contributed by atoms with Gasteiger partial charge in [-0.2, -0.15) is 0 Å². The van der Waals surface area contributed by atoms with Gasteiger partial charge in [-0.15, -0.1) is 4.33 Å². The number of esters is 1. The Labute approximate surface area is 198 Å². The molecule has 0 spiro atoms. The van der Waals surface area contributed by atoms with Gasteiger partial charge in [0, 0.05) is 34.7 Å². The van der Waals surface area contributed by atoms with Gasteiger partial charge in [-0.3, -0.25) is 4.79 Å². The van der Waals surface area contributed by atoms with Crippen molar-refractivity contribution in [1.82, 2.24) is 4.98 Å². The summed E-state index contributed by atoms with van der Waals surface area (Å²) in [6.45, 7) is 6.50. The van der Waals surface area contributed by atoms with Crippen molar-refractivity contribution in [3.63, 3.8) is 0 Å². The van der Waals surface area contributed by atoms with E-state index in [0.717, 1.165) is 45.9 Å². The summed E-state index contributed by atoms with van der Waals surface area (Å²) in [6.07, 6.45) is 5.89. The number of nitrogens with zero attached hydrogens (tertiary/aromatic N) is 1. The highest BCUT2D eigenvalue weighted by Gasteiger charge is 2.17. The molecule has 1 aromatic heterocycles. The first kappa shape index (κ1) is 25.0. The van der Waals surface area contributed by atoms with Crippen LogP contribution in [0, 0.1) is 6.92 Å². The van der Waals surface area contributed by atoms with Gasteiger partial charge in [0.1, 0.15) is 0 Å². The molecule has 176 valence electrons. The summed E-state index contributed by atoms with van der Waals surface area (Å²) in [4.78, 5) is 24.7. The van der Waals surface area contributed by atoms with Gasteiger partial charge in [-0.1, -0.05) is 35.4 Å². The fraction of sp³-hybridized carbons (Fsp3) is 0.360. The van der Waals surface area contributed by atoms with Crippen molar-refractivity contribution < 1.29 is 23.8 Å². The van der Waals surface area contributed by atoms with E-state index in [1.807, 2.05) is 39.0 Å². The van der Waals surface area contributed by atoms with Gasteiger partial charge in [0.2, 0.25) is 0 Å². The molecule has 1 aliphatic rings. The molecule has 7 nitrogen and oxygen atoms in total. The minimum absolute atomic E-state index is 0.184. The lowest BCUT2D eigenvalue weighted by molar-refractivity contribution is -0.458. The van der Waals surface area contributed by atoms with Gasteiger partial charge >= 0.3 is 5.97 Å². The first-order valence-electron chi connectivity index (χ1n) is 11.1. The van der Waals surface area contributed by atoms with Crippen LogP contribution in [0.25, 0.3) is 6.08 Å². The largest absolute Gasteiger partial charge is 0.466 e. The Kier molecular flexibility index (Phi) is 9.96. The Morgan fingerprint density at radius 1 is 1.15 bits per heavy atom. The summed E-state index contributed by atoms with van der Waals surface area (Å²) in [5.74, 6) is 0.498. The highest BCUT2D eigenvalue weighted by Crippen LogP contribution is 2.29. The maximum absolute atomic E-state index is 11.7. The molecule has 0 unspecified atom stereocenters. The molecule has 1 aromatic carbocycles. The molecule has 8 heteroatoms. The lowest BCUT2D eigenvalue weighted by atomic mass is 10.1. The molecule has 2 heterocycles. The summed E-state index contributed by atoms with van der Waals surface area (Å²) >= 11 is 1.19. The highest BCUT2D eigenvalue weighted by atomic mass is 32.2. The zero-order valence-electron chi connectivity index (χ0n) is 19.3. The predicted octanol–water partition coefficient (Wildman–Crippen LogP) is 5.53. The second kappa shape index (κ2) is 13.2. The van der Waals surface area contributed by atoms with Crippen molar-refractivity contribution in [3.05, 3.63) is 76.3 Å². The zero-order chi connectivity index (χ0) is 23.5. The molecule has 3 rings (SSSR count). The molecule has 0 amide bonds. The molecule has 0 radical (unpaired) electrons. The van der Waals surface area contributed by atoms with E-state index >= 15 is 0 Å². The van der Waals surface area contributed by atoms with Crippen LogP contribution in [0.15, 0.2) is 58.7 Å². The standard InChI is InChI=1S/C25H30N2O5S/c1-4-29-25(28)12-11-21-15-18(3)22(26-21)17-24-20(13-14-33-32-31-30-5-2)16-23(27-24)19-9-7-6-8-10-19/h6-10,15-17,26H,4-5,11-14H2,1-3H3/b24-17-. The summed E-state index contributed by atoms with van der Waals surface area (Å²) in [6, 6.07) is 12.2. The molecule has 0 fully saturated rings. The van der Waals surface area contributed by atoms with E-state index in [2.05, 4.69) is 40.4 Å². The summed E-state index contributed by atoms with van der Waals surface area (Å²) in [7, 11) is 0. The van der Waals surface area contributed by atoms with Gasteiger partial charge in [-0.05, 0) is 63.0 Å². The number of ether oxygens (including phenoxy) is 1. The third-order valence-electron chi connectivity index (χ3n) is 4.94. The van der Waals surface area contributed by atoms with Crippen LogP contribution in [-0.2, 0) is 30.2 Å². The SMILES string of the molecule is CCOOOSCCC1=CC(c2ccccc2)=N/C1=C\c1[nH]c(CCC(=O)OCC)cc1C. The van der Waals surface area contributed by atoms with Crippen LogP contribution in [0.4, 0.5) is 0 Å². The van der Waals surface area contributed by atoms with E-state index in [9.17, 15) is 4.79 Å². The van der Waals surface area contributed by atoms with Crippen LogP contribution in [0.1, 0.15) is 49.2 Å². The molecule has 0 saturated heterocycles. The van der Waals surface area contributed by atoms with Gasteiger partial charge < -0.3 is 9.72 Å². The van der Waals surface area contributed by atoms with Gasteiger partial charge in [0.15, 0.2) is 0 Å². The molecule has 0 atom stereocenters. The Morgan fingerprint density at radius 3 is 2.73 bits per heavy atom. The molecule has 1 aliphatic heterocycles. The quantitative estimate of drug-likeness (QED) is 0.136. The molecular weight excluding hydrogens is 440 g/mol. The van der Waals surface area contributed by atoms with E-state index in [1.54, 1.807) is 0 Å². The molecule has 0 saturated carbocycles. The Morgan fingerprint density at radius 2 is 1.97 bits per heavy atom. The molecule has 0 bridgehead atoms. The van der Waals surface area contributed by atoms with Crippen LogP contribution in [-0.4, -0.2) is 35.6 Å². The van der Waals surface area contributed by atoms with Crippen molar-refractivity contribution >= 4 is 29.8 Å². The lowest BCUT2D eigenvalue weighted by Crippen LogP contribution is -2.05. The maximum atomic E-state index is 11.7. The van der Waals surface area contributed by atoms with Crippen LogP contribution >= 0.6 is 12.0 Å². The van der Waals surface area contributed by atoms with Crippen molar-refractivity contribution in [2.75, 3.05) is 19.0 Å². The number of carbonyl (C=O) groups excluding carboxylic acids is 1. The molecule has 33 heavy (non-hydrogen) atoms. The average Bonchev–Trinajstić information content (AvgIpc) is 3.39. The number of hydrogen-bond acceptors (Lipinski definition) is 7. The summed E-state index contributed by atoms with van der Waals surface area (Å²) in [5, 5.41) is 4.60. The van der Waals surface area contributed by atoms with Crippen molar-refractivity contribution in [2.45, 2.75) is 40.0 Å². The maximum Gasteiger partial charge on any atom is 0.306 e. The van der Waals surface area contributed by atoms with E-state index in [0.29, 0.717) is 31.8 Å². The number of H-pyrrole nitrogens is 1. The van der Waals surface area contributed by atoms with Crippen LogP contribution < -0.4 is 0 Å². The Hall–Kier alpha value is -2.65. The molecular formula is C25H30N2O5S. The zero-order valence-corrected chi connectivity index (χ0v) is 20.1. The van der Waals surface area contributed by atoms with E-state index < -0.39 is 0 Å². The van der Waals surface area contributed by atoms with E-state index in [1.165, 1.54) is 12.0 Å². The minimum Gasteiger partial charge on any atom is -0.466 e. The first-order chi connectivity index (χ1) is 16.1. The number of aromatic amines is 1. The third-order valence-corrected chi connectivity index (χ3v) is 5.47. The highest BCUT2D eigenvalue weighted by molar-refractivity contribution is 7.94. The Balaban J connectivity index is 1.74. The fourth-order valence-corrected chi connectivity index (χ4v) is 3.82. The fourth-order valence-electron chi connectivity index (χ4n) is 3.37. The van der Waals surface area contributed by atoms with Crippen LogP contribution in [0.5, 0.6) is 0 Å². The number of rotatable bonds is 13. The number of aryl methyl sites for hydroxylation is 2. The number of benzene rings is 1. The monoisotopic (exact) mass is 470 g/mol. The summed E-state index contributed by atoms with van der Waals surface area (Å²) < 4.78 is 9.98. The lowest BCUT2D eigenvalue weighted by Gasteiger charge is -2.04. The van der Waals surface area contributed by atoms with E-state index in [-0.39, 0.29) is 5.97 Å². The number of aromatic nitrogens is 1. The number of nitrogens with one attached hydrogen (secondary N) is 1.